The van der Waals surface area contributed by atoms with Crippen molar-refractivity contribution in [2.24, 2.45) is 0 Å². The minimum Gasteiger partial charge on any atom is -0.508 e. The smallest absolute Gasteiger partial charge is 0.312 e. The Kier molecular flexibility index (Phi) is 3.53. The third-order valence-corrected chi connectivity index (χ3v) is 2.76. The van der Waals surface area contributed by atoms with Crippen molar-refractivity contribution in [2.75, 3.05) is 0 Å². The summed E-state index contributed by atoms with van der Waals surface area (Å²) >= 11 is 0. The highest BCUT2D eigenvalue weighted by molar-refractivity contribution is 5.54. The number of phenols is 1. The van der Waals surface area contributed by atoms with Gasteiger partial charge in [-0.2, -0.15) is 5.26 Å². The predicted molar refractivity (Wildman–Crippen MR) is 70.7 cm³/mol. The fourth-order valence-electron chi connectivity index (χ4n) is 1.65. The molecular formula is C14H10N2O4. The first kappa shape index (κ1) is 13.4. The molecule has 0 amide bonds. The minimum atomic E-state index is -0.617. The molecule has 1 N–H and O–H groups in total. The van der Waals surface area contributed by atoms with Gasteiger partial charge in [0, 0.05) is 11.6 Å². The van der Waals surface area contributed by atoms with E-state index in [4.69, 9.17) is 10.00 Å². The van der Waals surface area contributed by atoms with Gasteiger partial charge in [0.15, 0.2) is 0 Å². The van der Waals surface area contributed by atoms with Crippen LogP contribution in [-0.2, 0) is 0 Å². The lowest BCUT2D eigenvalue weighted by Crippen LogP contribution is -1.95. The predicted octanol–water partition coefficient (Wildman–Crippen LogP) is 3.27. The van der Waals surface area contributed by atoms with E-state index >= 15 is 0 Å². The SMILES string of the molecule is Cc1c(O)cccc1Oc1ccc(C#N)cc1[N+](=O)[O-]. The van der Waals surface area contributed by atoms with Crippen molar-refractivity contribution in [3.63, 3.8) is 0 Å². The van der Waals surface area contributed by atoms with Crippen LogP contribution in [0.1, 0.15) is 11.1 Å². The number of hydrogen-bond donors (Lipinski definition) is 1. The van der Waals surface area contributed by atoms with Crippen molar-refractivity contribution in [2.45, 2.75) is 6.92 Å². The zero-order valence-corrected chi connectivity index (χ0v) is 10.5. The summed E-state index contributed by atoms with van der Waals surface area (Å²) in [5.74, 6) is 0.374. The Hall–Kier alpha value is -3.07. The largest absolute Gasteiger partial charge is 0.508 e. The van der Waals surface area contributed by atoms with Crippen molar-refractivity contribution in [3.05, 3.63) is 57.6 Å². The number of phenolic OH excluding ortho intramolecular Hbond substituents is 1. The zero-order valence-electron chi connectivity index (χ0n) is 10.5. The average Bonchev–Trinajstić information content (AvgIpc) is 2.44. The van der Waals surface area contributed by atoms with Gasteiger partial charge in [-0.1, -0.05) is 6.07 Å². The maximum absolute atomic E-state index is 11.0. The number of benzene rings is 2. The van der Waals surface area contributed by atoms with E-state index in [1.54, 1.807) is 19.1 Å². The Morgan fingerprint density at radius 3 is 2.70 bits per heavy atom. The molecule has 2 aromatic carbocycles. The summed E-state index contributed by atoms with van der Waals surface area (Å²) in [4.78, 5) is 10.4. The van der Waals surface area contributed by atoms with Crippen LogP contribution >= 0.6 is 0 Å². The summed E-state index contributed by atoms with van der Waals surface area (Å²) in [6.45, 7) is 1.64. The van der Waals surface area contributed by atoms with Crippen LogP contribution in [0.15, 0.2) is 36.4 Å². The zero-order chi connectivity index (χ0) is 14.7. The number of nitro benzene ring substituents is 1. The molecular weight excluding hydrogens is 260 g/mol. The molecule has 6 nitrogen and oxygen atoms in total. The second-order valence-corrected chi connectivity index (χ2v) is 4.05. The lowest BCUT2D eigenvalue weighted by atomic mass is 10.2. The Bertz CT molecular complexity index is 720. The van der Waals surface area contributed by atoms with Gasteiger partial charge in [-0.15, -0.1) is 0 Å². The van der Waals surface area contributed by atoms with Crippen LogP contribution in [0.25, 0.3) is 0 Å². The minimum absolute atomic E-state index is 0.0164. The van der Waals surface area contributed by atoms with E-state index in [0.29, 0.717) is 11.3 Å². The Labute approximate surface area is 114 Å². The number of nitrogens with zero attached hydrogens (tertiary/aromatic N) is 2. The molecule has 100 valence electrons. The van der Waals surface area contributed by atoms with Crippen molar-refractivity contribution in [3.8, 4) is 23.3 Å². The molecule has 2 rings (SSSR count). The number of hydrogen-bond acceptors (Lipinski definition) is 5. The second kappa shape index (κ2) is 5.28. The molecule has 0 aliphatic carbocycles. The summed E-state index contributed by atoms with van der Waals surface area (Å²) in [5, 5.41) is 29.3. The van der Waals surface area contributed by atoms with Gasteiger partial charge in [0.2, 0.25) is 5.75 Å². The van der Waals surface area contributed by atoms with E-state index in [0.717, 1.165) is 6.07 Å². The highest BCUT2D eigenvalue weighted by Gasteiger charge is 2.18. The standard InChI is InChI=1S/C14H10N2O4/c1-9-12(17)3-2-4-13(9)20-14-6-5-10(8-15)7-11(14)16(18)19/h2-7,17H,1H3. The molecule has 0 heterocycles. The van der Waals surface area contributed by atoms with E-state index in [1.165, 1.54) is 18.2 Å². The average molecular weight is 270 g/mol. The molecule has 0 saturated heterocycles. The first-order valence-electron chi connectivity index (χ1n) is 5.68. The molecule has 20 heavy (non-hydrogen) atoms. The third-order valence-electron chi connectivity index (χ3n) is 2.76. The van der Waals surface area contributed by atoms with Crippen molar-refractivity contribution in [1.29, 1.82) is 5.26 Å². The van der Waals surface area contributed by atoms with Crippen LogP contribution in [0.3, 0.4) is 0 Å². The quantitative estimate of drug-likeness (QED) is 0.681. The molecule has 0 fully saturated rings. The summed E-state index contributed by atoms with van der Waals surface area (Å²) in [7, 11) is 0. The molecule has 0 atom stereocenters. The number of rotatable bonds is 3. The van der Waals surface area contributed by atoms with Crippen molar-refractivity contribution >= 4 is 5.69 Å². The molecule has 0 radical (unpaired) electrons. The van der Waals surface area contributed by atoms with E-state index in [9.17, 15) is 15.2 Å². The number of aromatic hydroxyl groups is 1. The Morgan fingerprint density at radius 2 is 2.05 bits per heavy atom. The maximum atomic E-state index is 11.0. The Morgan fingerprint density at radius 1 is 1.30 bits per heavy atom. The molecule has 0 aliphatic rings. The molecule has 2 aromatic rings. The second-order valence-electron chi connectivity index (χ2n) is 4.05. The van der Waals surface area contributed by atoms with Crippen LogP contribution in [0.2, 0.25) is 0 Å². The fraction of sp³-hybridized carbons (Fsp3) is 0.0714. The van der Waals surface area contributed by atoms with E-state index in [2.05, 4.69) is 0 Å². The van der Waals surface area contributed by atoms with E-state index < -0.39 is 4.92 Å². The van der Waals surface area contributed by atoms with Crippen LogP contribution in [0, 0.1) is 28.4 Å². The summed E-state index contributed by atoms with van der Waals surface area (Å²) in [5.41, 5.74) is 0.356. The summed E-state index contributed by atoms with van der Waals surface area (Å²) in [6, 6.07) is 10.4. The van der Waals surface area contributed by atoms with Gasteiger partial charge in [0.05, 0.1) is 16.6 Å². The van der Waals surface area contributed by atoms with Crippen LogP contribution < -0.4 is 4.74 Å². The summed E-state index contributed by atoms with van der Waals surface area (Å²) < 4.78 is 5.47. The Balaban J connectivity index is 2.46. The lowest BCUT2D eigenvalue weighted by molar-refractivity contribution is -0.385. The molecule has 0 bridgehead atoms. The normalized spacial score (nSPS) is 9.80. The van der Waals surface area contributed by atoms with Gasteiger partial charge in [-0.25, -0.2) is 0 Å². The van der Waals surface area contributed by atoms with Gasteiger partial charge in [0.25, 0.3) is 0 Å². The maximum Gasteiger partial charge on any atom is 0.312 e. The molecule has 6 heteroatoms. The van der Waals surface area contributed by atoms with Crippen LogP contribution in [0.4, 0.5) is 5.69 Å². The summed E-state index contributed by atoms with van der Waals surface area (Å²) in [6.07, 6.45) is 0. The molecule has 0 unspecified atom stereocenters. The van der Waals surface area contributed by atoms with Crippen LogP contribution in [0.5, 0.6) is 17.2 Å². The number of nitriles is 1. The first-order chi connectivity index (χ1) is 9.52. The van der Waals surface area contributed by atoms with Gasteiger partial charge in [-0.05, 0) is 31.2 Å². The third kappa shape index (κ3) is 2.52. The fourth-order valence-corrected chi connectivity index (χ4v) is 1.65. The van der Waals surface area contributed by atoms with E-state index in [-0.39, 0.29) is 22.7 Å². The molecule has 0 aromatic heterocycles. The van der Waals surface area contributed by atoms with E-state index in [1.807, 2.05) is 6.07 Å². The highest BCUT2D eigenvalue weighted by Crippen LogP contribution is 2.35. The van der Waals surface area contributed by atoms with Gasteiger partial charge in [0.1, 0.15) is 11.5 Å². The molecule has 0 spiro atoms. The van der Waals surface area contributed by atoms with Crippen LogP contribution in [-0.4, -0.2) is 10.0 Å². The topological polar surface area (TPSA) is 96.4 Å². The number of nitro groups is 1. The van der Waals surface area contributed by atoms with Crippen molar-refractivity contribution < 1.29 is 14.8 Å². The lowest BCUT2D eigenvalue weighted by Gasteiger charge is -2.09. The van der Waals surface area contributed by atoms with Gasteiger partial charge in [-0.3, -0.25) is 10.1 Å². The monoisotopic (exact) mass is 270 g/mol. The van der Waals surface area contributed by atoms with Gasteiger partial charge >= 0.3 is 5.69 Å². The molecule has 0 saturated carbocycles. The molecule has 0 aliphatic heterocycles. The van der Waals surface area contributed by atoms with Crippen molar-refractivity contribution in [1.82, 2.24) is 0 Å². The van der Waals surface area contributed by atoms with Gasteiger partial charge < -0.3 is 9.84 Å². The first-order valence-corrected chi connectivity index (χ1v) is 5.68. The highest BCUT2D eigenvalue weighted by atomic mass is 16.6. The number of ether oxygens (including phenoxy) is 1.